The van der Waals surface area contributed by atoms with Crippen LogP contribution in [0, 0.1) is 11.3 Å². The number of aliphatic carboxylic acids is 1. The maximum atomic E-state index is 12.0. The summed E-state index contributed by atoms with van der Waals surface area (Å²) in [5.74, 6) is -0.648. The predicted molar refractivity (Wildman–Crippen MR) is 90.9 cm³/mol. The maximum Gasteiger partial charge on any atom is 0.314 e. The van der Waals surface area contributed by atoms with Crippen LogP contribution < -0.4 is 0 Å². The van der Waals surface area contributed by atoms with E-state index in [1.807, 2.05) is 6.08 Å². The molecule has 0 radical (unpaired) electrons. The Labute approximate surface area is 135 Å². The van der Waals surface area contributed by atoms with E-state index in [0.29, 0.717) is 6.61 Å². The van der Waals surface area contributed by atoms with Gasteiger partial charge in [-0.15, -0.1) is 0 Å². The van der Waals surface area contributed by atoms with Gasteiger partial charge in [-0.25, -0.2) is 0 Å². The lowest BCUT2D eigenvalue weighted by Crippen LogP contribution is -2.38. The van der Waals surface area contributed by atoms with E-state index >= 15 is 0 Å². The third-order valence-electron chi connectivity index (χ3n) is 4.72. The summed E-state index contributed by atoms with van der Waals surface area (Å²) in [6.45, 7) is 4.94. The highest BCUT2D eigenvalue weighted by Crippen LogP contribution is 2.43. The molecule has 0 aromatic carbocycles. The molecule has 2 atom stereocenters. The molecule has 0 fully saturated rings. The zero-order valence-electron chi connectivity index (χ0n) is 14.4. The first kappa shape index (κ1) is 19.0. The highest BCUT2D eigenvalue weighted by molar-refractivity contribution is 5.78. The van der Waals surface area contributed by atoms with Crippen LogP contribution in [0.4, 0.5) is 0 Å². The Hall–Kier alpha value is -1.09. The van der Waals surface area contributed by atoms with Gasteiger partial charge in [-0.3, -0.25) is 4.79 Å². The molecule has 1 aliphatic carbocycles. The third-order valence-corrected chi connectivity index (χ3v) is 4.72. The quantitative estimate of drug-likeness (QED) is 0.548. The van der Waals surface area contributed by atoms with Crippen LogP contribution in [0.25, 0.3) is 0 Å². The van der Waals surface area contributed by atoms with Gasteiger partial charge in [-0.2, -0.15) is 0 Å². The number of carboxylic acid groups (broad SMARTS) is 1. The van der Waals surface area contributed by atoms with Gasteiger partial charge in [0.25, 0.3) is 0 Å². The summed E-state index contributed by atoms with van der Waals surface area (Å²) in [5, 5.41) is 9.90. The molecule has 3 nitrogen and oxygen atoms in total. The van der Waals surface area contributed by atoms with Gasteiger partial charge in [0.2, 0.25) is 0 Å². The van der Waals surface area contributed by atoms with Crippen LogP contribution in [0.1, 0.15) is 65.2 Å². The number of carbonyl (C=O) groups is 1. The van der Waals surface area contributed by atoms with Gasteiger partial charge < -0.3 is 9.84 Å². The lowest BCUT2D eigenvalue weighted by Gasteiger charge is -2.36. The number of carboxylic acids is 1. The van der Waals surface area contributed by atoms with Crippen molar-refractivity contribution in [1.29, 1.82) is 0 Å². The Morgan fingerprint density at radius 1 is 1.27 bits per heavy atom. The molecular weight excluding hydrogens is 276 g/mol. The molecule has 0 aromatic heterocycles. The molecule has 1 aliphatic rings. The minimum atomic E-state index is -0.747. The molecule has 3 heteroatoms. The van der Waals surface area contributed by atoms with Gasteiger partial charge in [0.1, 0.15) is 0 Å². The van der Waals surface area contributed by atoms with Crippen LogP contribution in [0.15, 0.2) is 23.8 Å². The monoisotopic (exact) mass is 308 g/mol. The molecule has 1 N–H and O–H groups in total. The van der Waals surface area contributed by atoms with E-state index in [9.17, 15) is 9.90 Å². The fraction of sp³-hybridized carbons (Fsp3) is 0.737. The first-order valence-corrected chi connectivity index (χ1v) is 8.73. The lowest BCUT2D eigenvalue weighted by atomic mass is 9.67. The second-order valence-corrected chi connectivity index (χ2v) is 6.37. The average molecular weight is 308 g/mol. The van der Waals surface area contributed by atoms with Gasteiger partial charge in [0, 0.05) is 13.7 Å². The Morgan fingerprint density at radius 2 is 2.00 bits per heavy atom. The van der Waals surface area contributed by atoms with Crippen LogP contribution in [-0.4, -0.2) is 24.8 Å². The highest BCUT2D eigenvalue weighted by Gasteiger charge is 2.43. The van der Waals surface area contributed by atoms with Crippen molar-refractivity contribution in [3.05, 3.63) is 23.8 Å². The molecule has 0 bridgehead atoms. The largest absolute Gasteiger partial charge is 0.481 e. The van der Waals surface area contributed by atoms with E-state index < -0.39 is 11.4 Å². The summed E-state index contributed by atoms with van der Waals surface area (Å²) >= 11 is 0. The minimum Gasteiger partial charge on any atom is -0.481 e. The first-order chi connectivity index (χ1) is 10.6. The summed E-state index contributed by atoms with van der Waals surface area (Å²) in [7, 11) is 1.68. The molecule has 0 amide bonds. The average Bonchev–Trinajstić information content (AvgIpc) is 2.52. The second kappa shape index (κ2) is 9.83. The lowest BCUT2D eigenvalue weighted by molar-refractivity contribution is -0.149. The SMILES string of the molecule is CCCCCC1(C(=O)O)C=CC(CCCC)=CC1CCOC. The minimum absolute atomic E-state index is 0.0404. The molecular formula is C19H32O3. The van der Waals surface area contributed by atoms with Crippen molar-refractivity contribution < 1.29 is 14.6 Å². The molecule has 2 unspecified atom stereocenters. The van der Waals surface area contributed by atoms with Crippen LogP contribution in [0.2, 0.25) is 0 Å². The van der Waals surface area contributed by atoms with Crippen molar-refractivity contribution in [2.75, 3.05) is 13.7 Å². The van der Waals surface area contributed by atoms with E-state index in [1.54, 1.807) is 7.11 Å². The van der Waals surface area contributed by atoms with Gasteiger partial charge >= 0.3 is 5.97 Å². The van der Waals surface area contributed by atoms with Crippen molar-refractivity contribution in [1.82, 2.24) is 0 Å². The van der Waals surface area contributed by atoms with E-state index in [-0.39, 0.29) is 5.92 Å². The van der Waals surface area contributed by atoms with Crippen molar-refractivity contribution in [3.8, 4) is 0 Å². The van der Waals surface area contributed by atoms with Crippen molar-refractivity contribution in [2.45, 2.75) is 65.2 Å². The number of rotatable bonds is 11. The fourth-order valence-corrected chi connectivity index (χ4v) is 3.25. The molecule has 0 spiro atoms. The van der Waals surface area contributed by atoms with Crippen molar-refractivity contribution in [3.63, 3.8) is 0 Å². The van der Waals surface area contributed by atoms with Crippen LogP contribution >= 0.6 is 0 Å². The summed E-state index contributed by atoms with van der Waals surface area (Å²) in [6, 6.07) is 0. The Balaban J connectivity index is 2.93. The Kier molecular flexibility index (Phi) is 8.47. The zero-order chi connectivity index (χ0) is 16.4. The van der Waals surface area contributed by atoms with Crippen molar-refractivity contribution in [2.24, 2.45) is 11.3 Å². The summed E-state index contributed by atoms with van der Waals surface area (Å²) in [4.78, 5) is 12.0. The smallest absolute Gasteiger partial charge is 0.314 e. The van der Waals surface area contributed by atoms with Crippen LogP contribution in [-0.2, 0) is 9.53 Å². The van der Waals surface area contributed by atoms with Gasteiger partial charge in [0.15, 0.2) is 0 Å². The van der Waals surface area contributed by atoms with Crippen LogP contribution in [0.3, 0.4) is 0 Å². The zero-order valence-corrected chi connectivity index (χ0v) is 14.4. The van der Waals surface area contributed by atoms with E-state index in [4.69, 9.17) is 4.74 Å². The van der Waals surface area contributed by atoms with E-state index in [0.717, 1.165) is 51.4 Å². The van der Waals surface area contributed by atoms with Crippen LogP contribution in [0.5, 0.6) is 0 Å². The van der Waals surface area contributed by atoms with Gasteiger partial charge in [-0.1, -0.05) is 63.3 Å². The Morgan fingerprint density at radius 3 is 2.59 bits per heavy atom. The van der Waals surface area contributed by atoms with Gasteiger partial charge in [-0.05, 0) is 31.6 Å². The Bertz CT molecular complexity index is 397. The third kappa shape index (κ3) is 4.98. The number of hydrogen-bond donors (Lipinski definition) is 1. The molecule has 1 rings (SSSR count). The fourth-order valence-electron chi connectivity index (χ4n) is 3.25. The van der Waals surface area contributed by atoms with Gasteiger partial charge in [0.05, 0.1) is 5.41 Å². The normalized spacial score (nSPS) is 24.3. The summed E-state index contributed by atoms with van der Waals surface area (Å²) in [5.41, 5.74) is 0.541. The molecule has 0 saturated carbocycles. The summed E-state index contributed by atoms with van der Waals surface area (Å²) in [6.07, 6.45) is 14.2. The molecule has 22 heavy (non-hydrogen) atoms. The molecule has 0 saturated heterocycles. The summed E-state index contributed by atoms with van der Waals surface area (Å²) < 4.78 is 5.21. The van der Waals surface area contributed by atoms with E-state index in [2.05, 4.69) is 26.0 Å². The van der Waals surface area contributed by atoms with E-state index in [1.165, 1.54) is 5.57 Å². The van der Waals surface area contributed by atoms with Crippen molar-refractivity contribution >= 4 is 5.97 Å². The first-order valence-electron chi connectivity index (χ1n) is 8.73. The number of unbranched alkanes of at least 4 members (excludes halogenated alkanes) is 3. The molecule has 0 heterocycles. The standard InChI is InChI=1S/C19H32O3/c1-4-6-8-12-19(18(20)21)13-10-16(9-7-5-2)15-17(19)11-14-22-3/h10,13,15,17H,4-9,11-12,14H2,1-3H3,(H,20,21). The number of ether oxygens (including phenoxy) is 1. The number of methoxy groups -OCH3 is 1. The predicted octanol–water partition coefficient (Wildman–Crippen LogP) is 4.98. The maximum absolute atomic E-state index is 12.0. The molecule has 0 aromatic rings. The highest BCUT2D eigenvalue weighted by atomic mass is 16.5. The number of hydrogen-bond acceptors (Lipinski definition) is 2. The topological polar surface area (TPSA) is 46.5 Å². The molecule has 126 valence electrons. The molecule has 0 aliphatic heterocycles. The number of allylic oxidation sites excluding steroid dienone is 3. The second-order valence-electron chi connectivity index (χ2n) is 6.37.